The maximum atomic E-state index is 2.67. The maximum Gasteiger partial charge on any atom is -0.0196 e. The summed E-state index contributed by atoms with van der Waals surface area (Å²) in [5.74, 6) is 3.46. The van der Waals surface area contributed by atoms with E-state index in [1.165, 1.54) is 37.5 Å². The Morgan fingerprint density at radius 1 is 1.18 bits per heavy atom. The summed E-state index contributed by atoms with van der Waals surface area (Å²) in [6, 6.07) is 0. The van der Waals surface area contributed by atoms with E-state index in [0.29, 0.717) is 0 Å². The van der Waals surface area contributed by atoms with Crippen molar-refractivity contribution in [3.8, 4) is 0 Å². The van der Waals surface area contributed by atoms with Crippen LogP contribution in [0, 0.1) is 34.0 Å². The molecule has 0 heteroatoms. The zero-order valence-electron chi connectivity index (χ0n) is 11.9. The molecule has 5 aliphatic carbocycles. The Morgan fingerprint density at radius 3 is 2.53 bits per heavy atom. The Hall–Kier alpha value is 0. The lowest BCUT2D eigenvalue weighted by molar-refractivity contribution is -0.317. The fraction of sp³-hybridized carbons (Fsp3) is 1.00. The third kappa shape index (κ3) is 0.843. The van der Waals surface area contributed by atoms with Crippen LogP contribution in [0.2, 0.25) is 0 Å². The van der Waals surface area contributed by atoms with Crippen LogP contribution in [0.15, 0.2) is 0 Å². The van der Waals surface area contributed by atoms with Gasteiger partial charge in [-0.25, -0.2) is 0 Å². The molecule has 6 unspecified atom stereocenters. The van der Waals surface area contributed by atoms with Gasteiger partial charge >= 0.3 is 0 Å². The molecule has 5 fully saturated rings. The Kier molecular flexibility index (Phi) is 1.88. The highest BCUT2D eigenvalue weighted by atomic mass is 14.9. The van der Waals surface area contributed by atoms with E-state index in [1.54, 1.807) is 25.7 Å². The second-order valence-corrected chi connectivity index (χ2v) is 8.05. The zero-order valence-corrected chi connectivity index (χ0v) is 11.9. The molecule has 0 N–H and O–H groups in total. The van der Waals surface area contributed by atoms with Crippen molar-refractivity contribution in [1.82, 2.24) is 0 Å². The van der Waals surface area contributed by atoms with Gasteiger partial charge in [-0.15, -0.1) is 0 Å². The van der Waals surface area contributed by atoms with Gasteiger partial charge in [0.25, 0.3) is 0 Å². The average molecular weight is 232 g/mol. The first-order valence-electron chi connectivity index (χ1n) is 8.14. The van der Waals surface area contributed by atoms with Crippen molar-refractivity contribution >= 4 is 0 Å². The molecule has 0 aromatic heterocycles. The third-order valence-corrected chi connectivity index (χ3v) is 7.97. The molecule has 0 aromatic carbocycles. The van der Waals surface area contributed by atoms with Crippen molar-refractivity contribution in [3.63, 3.8) is 0 Å². The van der Waals surface area contributed by atoms with Gasteiger partial charge in [0.05, 0.1) is 0 Å². The summed E-state index contributed by atoms with van der Waals surface area (Å²) >= 11 is 0. The first-order valence-corrected chi connectivity index (χ1v) is 8.14. The van der Waals surface area contributed by atoms with Crippen molar-refractivity contribution < 1.29 is 0 Å². The predicted octanol–water partition coefficient (Wildman–Crippen LogP) is 5.03. The van der Waals surface area contributed by atoms with Crippen LogP contribution >= 0.6 is 0 Å². The lowest BCUT2D eigenvalue weighted by Gasteiger charge is -2.79. The Balaban J connectivity index is 1.68. The monoisotopic (exact) mass is 232 g/mol. The molecule has 0 radical (unpaired) electrons. The van der Waals surface area contributed by atoms with Crippen molar-refractivity contribution in [2.75, 3.05) is 0 Å². The summed E-state index contributed by atoms with van der Waals surface area (Å²) in [5, 5.41) is 0. The van der Waals surface area contributed by atoms with E-state index in [1.807, 2.05) is 0 Å². The largest absolute Gasteiger partial charge is 0.0654 e. The molecule has 0 amide bonds. The smallest absolute Gasteiger partial charge is 0.0196 e. The second-order valence-electron chi connectivity index (χ2n) is 8.05. The van der Waals surface area contributed by atoms with Crippen molar-refractivity contribution in [1.29, 1.82) is 0 Å². The molecule has 96 valence electrons. The minimum Gasteiger partial charge on any atom is -0.0654 e. The molecule has 2 spiro atoms. The molecule has 0 saturated heterocycles. The predicted molar refractivity (Wildman–Crippen MR) is 71.7 cm³/mol. The fourth-order valence-corrected chi connectivity index (χ4v) is 7.50. The highest BCUT2D eigenvalue weighted by molar-refractivity contribution is 5.35. The van der Waals surface area contributed by atoms with E-state index < -0.39 is 0 Å². The van der Waals surface area contributed by atoms with Crippen LogP contribution in [0.5, 0.6) is 0 Å². The Bertz CT molecular complexity index is 355. The van der Waals surface area contributed by atoms with Gasteiger partial charge in [0.15, 0.2) is 0 Å². The van der Waals surface area contributed by atoms with E-state index in [9.17, 15) is 0 Å². The molecule has 6 atom stereocenters. The standard InChI is InChI=1S/C17H28/c1-4-6-13-14-16-9-7-12(16)10-17(14,11-16)15(13,3)8-5-2/h12-14H,4-11H2,1-3H3. The topological polar surface area (TPSA) is 0 Å². The van der Waals surface area contributed by atoms with E-state index in [2.05, 4.69) is 20.8 Å². The van der Waals surface area contributed by atoms with Crippen LogP contribution in [0.1, 0.15) is 72.1 Å². The molecule has 2 bridgehead atoms. The van der Waals surface area contributed by atoms with Gasteiger partial charge in [-0.05, 0) is 72.5 Å². The fourth-order valence-electron chi connectivity index (χ4n) is 7.50. The normalized spacial score (nSPS) is 61.9. The maximum absolute atomic E-state index is 2.67. The van der Waals surface area contributed by atoms with Gasteiger partial charge in [-0.3, -0.25) is 0 Å². The first kappa shape index (κ1) is 10.9. The number of rotatable bonds is 4. The molecular formula is C17H28. The van der Waals surface area contributed by atoms with Crippen LogP contribution < -0.4 is 0 Å². The molecule has 0 aliphatic heterocycles. The van der Waals surface area contributed by atoms with Crippen LogP contribution in [0.25, 0.3) is 0 Å². The highest BCUT2D eigenvalue weighted by Gasteiger charge is 2.87. The van der Waals surface area contributed by atoms with Crippen LogP contribution in [0.3, 0.4) is 0 Å². The third-order valence-electron chi connectivity index (χ3n) is 7.97. The second kappa shape index (κ2) is 2.94. The number of hydrogen-bond acceptors (Lipinski definition) is 0. The first-order chi connectivity index (χ1) is 8.14. The molecule has 5 aliphatic rings. The van der Waals surface area contributed by atoms with Gasteiger partial charge in [0.2, 0.25) is 0 Å². The van der Waals surface area contributed by atoms with E-state index >= 15 is 0 Å². The van der Waals surface area contributed by atoms with Gasteiger partial charge in [0.1, 0.15) is 0 Å². The summed E-state index contributed by atoms with van der Waals surface area (Å²) in [6.07, 6.45) is 12.3. The Morgan fingerprint density at radius 2 is 2.00 bits per heavy atom. The summed E-state index contributed by atoms with van der Waals surface area (Å²) in [5.41, 5.74) is 2.50. The molecule has 5 saturated carbocycles. The van der Waals surface area contributed by atoms with Crippen LogP contribution in [-0.4, -0.2) is 0 Å². The highest BCUT2D eigenvalue weighted by Crippen LogP contribution is 2.94. The van der Waals surface area contributed by atoms with Gasteiger partial charge in [0, 0.05) is 0 Å². The van der Waals surface area contributed by atoms with Gasteiger partial charge in [-0.2, -0.15) is 0 Å². The minimum atomic E-state index is 0.741. The Labute approximate surface area is 107 Å². The molecule has 0 nitrogen and oxygen atoms in total. The number of hydrogen-bond donors (Lipinski definition) is 0. The van der Waals surface area contributed by atoms with Crippen LogP contribution in [0.4, 0.5) is 0 Å². The van der Waals surface area contributed by atoms with Gasteiger partial charge < -0.3 is 0 Å². The van der Waals surface area contributed by atoms with Crippen molar-refractivity contribution in [2.24, 2.45) is 34.0 Å². The zero-order chi connectivity index (χ0) is 11.9. The van der Waals surface area contributed by atoms with Crippen LogP contribution in [-0.2, 0) is 0 Å². The molecule has 5 rings (SSSR count). The van der Waals surface area contributed by atoms with E-state index in [0.717, 1.165) is 22.2 Å². The van der Waals surface area contributed by atoms with Gasteiger partial charge in [-0.1, -0.05) is 33.6 Å². The molecule has 0 aromatic rings. The minimum absolute atomic E-state index is 0.741. The summed E-state index contributed by atoms with van der Waals surface area (Å²) in [7, 11) is 0. The van der Waals surface area contributed by atoms with E-state index in [4.69, 9.17) is 0 Å². The molecular weight excluding hydrogens is 204 g/mol. The average Bonchev–Trinajstić information content (AvgIpc) is 2.58. The lowest BCUT2D eigenvalue weighted by Crippen LogP contribution is -2.74. The summed E-state index contributed by atoms with van der Waals surface area (Å²) in [4.78, 5) is 0. The summed E-state index contributed by atoms with van der Waals surface area (Å²) in [6.45, 7) is 7.47. The molecule has 17 heavy (non-hydrogen) atoms. The van der Waals surface area contributed by atoms with E-state index in [-0.39, 0.29) is 0 Å². The SMILES string of the molecule is CCCC1C2C34CCC3CC2(C4)C1(C)CCC. The summed E-state index contributed by atoms with van der Waals surface area (Å²) < 4.78 is 0. The van der Waals surface area contributed by atoms with Crippen molar-refractivity contribution in [3.05, 3.63) is 0 Å². The lowest BCUT2D eigenvalue weighted by atomic mass is 9.25. The quantitative estimate of drug-likeness (QED) is 0.638. The molecule has 0 heterocycles. The van der Waals surface area contributed by atoms with Crippen molar-refractivity contribution in [2.45, 2.75) is 72.1 Å².